The number of sulfone groups is 1. The van der Waals surface area contributed by atoms with Gasteiger partial charge >= 0.3 is 5.97 Å². The van der Waals surface area contributed by atoms with E-state index in [-0.39, 0.29) is 10.6 Å². The van der Waals surface area contributed by atoms with Crippen LogP contribution in [0.1, 0.15) is 21.5 Å². The third-order valence-electron chi connectivity index (χ3n) is 3.95. The molecule has 0 aromatic heterocycles. The Bertz CT molecular complexity index is 1040. The highest BCUT2D eigenvalue weighted by molar-refractivity contribution is 9.10. The molecule has 0 aliphatic heterocycles. The van der Waals surface area contributed by atoms with Crippen LogP contribution in [-0.4, -0.2) is 14.4 Å². The molecule has 0 heterocycles. The van der Waals surface area contributed by atoms with Crippen LogP contribution in [0.15, 0.2) is 82.2 Å². The Morgan fingerprint density at radius 2 is 1.48 bits per heavy atom. The molecule has 0 atom stereocenters. The van der Waals surface area contributed by atoms with Gasteiger partial charge in [-0.05, 0) is 61.0 Å². The van der Waals surface area contributed by atoms with Crippen molar-refractivity contribution in [3.05, 3.63) is 94.0 Å². The average Bonchev–Trinajstić information content (AvgIpc) is 2.64. The minimum atomic E-state index is -3.44. The maximum absolute atomic E-state index is 12.5. The molecule has 0 radical (unpaired) electrons. The van der Waals surface area contributed by atoms with Crippen LogP contribution in [0.25, 0.3) is 0 Å². The molecule has 4 nitrogen and oxygen atoms in total. The van der Waals surface area contributed by atoms with Crippen LogP contribution < -0.4 is 4.74 Å². The number of benzene rings is 3. The first-order valence-corrected chi connectivity index (χ1v) is 10.6. The number of carbonyl (C=O) groups excluding carboxylic acids is 1. The second-order valence-corrected chi connectivity index (χ2v) is 9.02. The van der Waals surface area contributed by atoms with Crippen LogP contribution >= 0.6 is 15.9 Å². The maximum Gasteiger partial charge on any atom is 0.343 e. The Morgan fingerprint density at radius 3 is 2.07 bits per heavy atom. The molecular weight excluding hydrogens is 428 g/mol. The molecule has 0 spiro atoms. The SMILES string of the molecule is Cc1ccc(S(=O)(=O)Cc2ccc(C(=O)Oc3ccc(Br)cc3)cc2)cc1. The van der Waals surface area contributed by atoms with E-state index in [1.54, 1.807) is 72.8 Å². The second-order valence-electron chi connectivity index (χ2n) is 6.11. The molecule has 0 unspecified atom stereocenters. The number of aryl methyl sites for hydroxylation is 1. The Kier molecular flexibility index (Phi) is 5.77. The van der Waals surface area contributed by atoms with Crippen molar-refractivity contribution in [2.75, 3.05) is 0 Å². The number of esters is 1. The van der Waals surface area contributed by atoms with Crippen molar-refractivity contribution >= 4 is 31.7 Å². The molecule has 3 rings (SSSR count). The molecular formula is C21H17BrO4S. The number of carbonyl (C=O) groups is 1. The Morgan fingerprint density at radius 1 is 0.889 bits per heavy atom. The molecule has 0 fully saturated rings. The first-order valence-electron chi connectivity index (χ1n) is 8.20. The van der Waals surface area contributed by atoms with Crippen molar-refractivity contribution in [1.82, 2.24) is 0 Å². The lowest BCUT2D eigenvalue weighted by Gasteiger charge is -2.07. The standard InChI is InChI=1S/C21H17BrO4S/c1-15-2-12-20(13-3-15)27(24,25)14-16-4-6-17(7-5-16)21(23)26-19-10-8-18(22)9-11-19/h2-13H,14H2,1H3. The third-order valence-corrected chi connectivity index (χ3v) is 6.18. The smallest absolute Gasteiger partial charge is 0.343 e. The summed E-state index contributed by atoms with van der Waals surface area (Å²) in [5.74, 6) is -0.183. The van der Waals surface area contributed by atoms with Crippen molar-refractivity contribution in [2.24, 2.45) is 0 Å². The van der Waals surface area contributed by atoms with Crippen molar-refractivity contribution < 1.29 is 17.9 Å². The molecule has 0 aliphatic rings. The summed E-state index contributed by atoms with van der Waals surface area (Å²) in [5, 5.41) is 0. The van der Waals surface area contributed by atoms with Crippen LogP contribution in [0.3, 0.4) is 0 Å². The molecule has 0 N–H and O–H groups in total. The topological polar surface area (TPSA) is 60.4 Å². The van der Waals surface area contributed by atoms with Crippen LogP contribution in [-0.2, 0) is 15.6 Å². The third kappa shape index (κ3) is 5.05. The van der Waals surface area contributed by atoms with Gasteiger partial charge in [0.05, 0.1) is 16.2 Å². The largest absolute Gasteiger partial charge is 0.423 e. The predicted octanol–water partition coefficient (Wildman–Crippen LogP) is 4.95. The number of halogens is 1. The fourth-order valence-corrected chi connectivity index (χ4v) is 4.07. The Labute approximate surface area is 166 Å². The van der Waals surface area contributed by atoms with Gasteiger partial charge in [-0.2, -0.15) is 0 Å². The normalized spacial score (nSPS) is 11.2. The minimum Gasteiger partial charge on any atom is -0.423 e. The van der Waals surface area contributed by atoms with Gasteiger partial charge in [0.2, 0.25) is 0 Å². The highest BCUT2D eigenvalue weighted by Crippen LogP contribution is 2.19. The van der Waals surface area contributed by atoms with E-state index >= 15 is 0 Å². The van der Waals surface area contributed by atoms with E-state index in [4.69, 9.17) is 4.74 Å². The average molecular weight is 445 g/mol. The molecule has 27 heavy (non-hydrogen) atoms. The lowest BCUT2D eigenvalue weighted by atomic mass is 10.1. The van der Waals surface area contributed by atoms with E-state index in [2.05, 4.69) is 15.9 Å². The van der Waals surface area contributed by atoms with Crippen LogP contribution in [0.2, 0.25) is 0 Å². The van der Waals surface area contributed by atoms with Gasteiger partial charge in [-0.25, -0.2) is 13.2 Å². The summed E-state index contributed by atoms with van der Waals surface area (Å²) in [6.45, 7) is 1.91. The Balaban J connectivity index is 1.70. The first kappa shape index (κ1) is 19.3. The summed E-state index contributed by atoms with van der Waals surface area (Å²) in [7, 11) is -3.44. The fourth-order valence-electron chi connectivity index (χ4n) is 2.45. The number of rotatable bonds is 5. The first-order chi connectivity index (χ1) is 12.8. The second kappa shape index (κ2) is 8.06. The summed E-state index contributed by atoms with van der Waals surface area (Å²) in [5.41, 5.74) is 1.97. The number of ether oxygens (including phenoxy) is 1. The molecule has 138 valence electrons. The summed E-state index contributed by atoms with van der Waals surface area (Å²) < 4.78 is 31.2. The highest BCUT2D eigenvalue weighted by atomic mass is 79.9. The van der Waals surface area contributed by atoms with Gasteiger partial charge in [-0.1, -0.05) is 45.8 Å². The fraction of sp³-hybridized carbons (Fsp3) is 0.0952. The molecule has 0 amide bonds. The molecule has 6 heteroatoms. The van der Waals surface area contributed by atoms with E-state index in [1.165, 1.54) is 0 Å². The van der Waals surface area contributed by atoms with Gasteiger partial charge in [-0.15, -0.1) is 0 Å². The van der Waals surface area contributed by atoms with Crippen LogP contribution in [0.4, 0.5) is 0 Å². The number of hydrogen-bond acceptors (Lipinski definition) is 4. The monoisotopic (exact) mass is 444 g/mol. The van der Waals surface area contributed by atoms with E-state index in [9.17, 15) is 13.2 Å². The van der Waals surface area contributed by atoms with Crippen molar-refractivity contribution in [3.63, 3.8) is 0 Å². The molecule has 0 saturated carbocycles. The molecule has 0 aliphatic carbocycles. The molecule has 3 aromatic carbocycles. The quantitative estimate of drug-likeness (QED) is 0.412. The van der Waals surface area contributed by atoms with Gasteiger partial charge in [0, 0.05) is 4.47 Å². The predicted molar refractivity (Wildman–Crippen MR) is 108 cm³/mol. The van der Waals surface area contributed by atoms with Crippen molar-refractivity contribution in [2.45, 2.75) is 17.6 Å². The summed E-state index contributed by atoms with van der Waals surface area (Å²) in [6.07, 6.45) is 0. The summed E-state index contributed by atoms with van der Waals surface area (Å²) in [4.78, 5) is 12.5. The summed E-state index contributed by atoms with van der Waals surface area (Å²) >= 11 is 3.32. The van der Waals surface area contributed by atoms with Gasteiger partial charge in [-0.3, -0.25) is 0 Å². The van der Waals surface area contributed by atoms with Gasteiger partial charge in [0.25, 0.3) is 0 Å². The van der Waals surface area contributed by atoms with Gasteiger partial charge < -0.3 is 4.74 Å². The Hall–Kier alpha value is -2.44. The summed E-state index contributed by atoms with van der Waals surface area (Å²) in [6, 6.07) is 20.1. The van der Waals surface area contributed by atoms with Crippen molar-refractivity contribution in [3.8, 4) is 5.75 Å². The molecule has 0 bridgehead atoms. The highest BCUT2D eigenvalue weighted by Gasteiger charge is 2.16. The van der Waals surface area contributed by atoms with E-state index in [0.29, 0.717) is 16.9 Å². The lowest BCUT2D eigenvalue weighted by Crippen LogP contribution is -2.09. The minimum absolute atomic E-state index is 0.127. The lowest BCUT2D eigenvalue weighted by molar-refractivity contribution is 0.0734. The van der Waals surface area contributed by atoms with Gasteiger partial charge in [0.1, 0.15) is 5.75 Å². The molecule has 0 saturated heterocycles. The zero-order valence-corrected chi connectivity index (χ0v) is 17.0. The van der Waals surface area contributed by atoms with Gasteiger partial charge in [0.15, 0.2) is 9.84 Å². The van der Waals surface area contributed by atoms with E-state index < -0.39 is 15.8 Å². The maximum atomic E-state index is 12.5. The van der Waals surface area contributed by atoms with E-state index in [1.807, 2.05) is 6.92 Å². The van der Waals surface area contributed by atoms with Crippen molar-refractivity contribution in [1.29, 1.82) is 0 Å². The number of hydrogen-bond donors (Lipinski definition) is 0. The van der Waals surface area contributed by atoms with Crippen LogP contribution in [0.5, 0.6) is 5.75 Å². The van der Waals surface area contributed by atoms with E-state index in [0.717, 1.165) is 10.0 Å². The van der Waals surface area contributed by atoms with Crippen LogP contribution in [0, 0.1) is 6.92 Å². The zero-order valence-electron chi connectivity index (χ0n) is 14.6. The zero-order chi connectivity index (χ0) is 19.4. The molecule has 3 aromatic rings.